The summed E-state index contributed by atoms with van der Waals surface area (Å²) in [4.78, 5) is 25.8. The molecular weight excluding hydrogens is 350 g/mol. The number of benzene rings is 1. The Kier molecular flexibility index (Phi) is 6.93. The van der Waals surface area contributed by atoms with Crippen LogP contribution in [-0.4, -0.2) is 35.8 Å². The van der Waals surface area contributed by atoms with Gasteiger partial charge in [0.25, 0.3) is 11.1 Å². The van der Waals surface area contributed by atoms with Crippen molar-refractivity contribution in [3.63, 3.8) is 0 Å². The Morgan fingerprint density at radius 3 is 2.65 bits per heavy atom. The first-order valence-corrected chi connectivity index (χ1v) is 9.09. The second-order valence-corrected chi connectivity index (χ2v) is 6.35. The van der Waals surface area contributed by atoms with Crippen molar-refractivity contribution in [1.82, 2.24) is 4.90 Å². The van der Waals surface area contributed by atoms with Crippen molar-refractivity contribution in [1.29, 1.82) is 0 Å². The van der Waals surface area contributed by atoms with Crippen molar-refractivity contribution in [2.75, 3.05) is 19.8 Å². The molecule has 0 aromatic heterocycles. The largest absolute Gasteiger partial charge is 0.490 e. The lowest BCUT2D eigenvalue weighted by atomic mass is 10.0. The number of allylic oxidation sites excluding steroid dienone is 1. The molecule has 0 bridgehead atoms. The summed E-state index contributed by atoms with van der Waals surface area (Å²) in [6, 6.07) is 3.66. The van der Waals surface area contributed by atoms with Crippen LogP contribution in [0, 0.1) is 12.3 Å². The number of hydrogen-bond donors (Lipinski definition) is 0. The predicted octanol–water partition coefficient (Wildman–Crippen LogP) is 3.88. The molecule has 1 aromatic carbocycles. The standard InChI is InChI=1S/C20H21NO4S/c1-5-9-15-11-14(12-16(24-8-4)18(15)25-10-6-2)13-17-19(22)21(7-3)20(23)26-17/h2,5,11-13H,1,7-10H2,3-4H3/b17-13-. The molecule has 0 spiro atoms. The number of carbonyl (C=O) groups excluding carboxylic acids is 2. The average Bonchev–Trinajstić information content (AvgIpc) is 2.88. The maximum absolute atomic E-state index is 12.3. The minimum absolute atomic E-state index is 0.124. The molecule has 0 radical (unpaired) electrons. The van der Waals surface area contributed by atoms with E-state index in [0.29, 0.717) is 36.0 Å². The molecule has 6 heteroatoms. The zero-order valence-corrected chi connectivity index (χ0v) is 15.7. The summed E-state index contributed by atoms with van der Waals surface area (Å²) in [5.74, 6) is 3.28. The predicted molar refractivity (Wildman–Crippen MR) is 104 cm³/mol. The SMILES string of the molecule is C#CCOc1c(CC=C)cc(/C=C2\SC(=O)N(CC)C2=O)cc1OCC. The Labute approximate surface area is 158 Å². The molecule has 26 heavy (non-hydrogen) atoms. The van der Waals surface area contributed by atoms with Crippen LogP contribution in [0.15, 0.2) is 29.7 Å². The van der Waals surface area contributed by atoms with Gasteiger partial charge in [-0.2, -0.15) is 0 Å². The van der Waals surface area contributed by atoms with E-state index >= 15 is 0 Å². The van der Waals surface area contributed by atoms with Crippen molar-refractivity contribution in [3.8, 4) is 23.8 Å². The Bertz CT molecular complexity index is 792. The van der Waals surface area contributed by atoms with Crippen molar-refractivity contribution < 1.29 is 19.1 Å². The van der Waals surface area contributed by atoms with E-state index in [9.17, 15) is 9.59 Å². The van der Waals surface area contributed by atoms with E-state index in [2.05, 4.69) is 12.5 Å². The lowest BCUT2D eigenvalue weighted by molar-refractivity contribution is -0.122. The van der Waals surface area contributed by atoms with E-state index in [0.717, 1.165) is 22.9 Å². The number of amides is 2. The van der Waals surface area contributed by atoms with Gasteiger partial charge in [-0.25, -0.2) is 0 Å². The lowest BCUT2D eigenvalue weighted by Gasteiger charge is -2.15. The maximum atomic E-state index is 12.3. The van der Waals surface area contributed by atoms with Gasteiger partial charge >= 0.3 is 0 Å². The number of thioether (sulfide) groups is 1. The summed E-state index contributed by atoms with van der Waals surface area (Å²) in [6.45, 7) is 8.34. The van der Waals surface area contributed by atoms with Crippen LogP contribution >= 0.6 is 11.8 Å². The molecule has 1 aromatic rings. The first kappa shape index (κ1) is 19.7. The molecule has 0 N–H and O–H groups in total. The average molecular weight is 371 g/mol. The number of nitrogens with zero attached hydrogens (tertiary/aromatic N) is 1. The van der Waals surface area contributed by atoms with Crippen molar-refractivity contribution in [2.24, 2.45) is 0 Å². The Balaban J connectivity index is 2.48. The zero-order valence-electron chi connectivity index (χ0n) is 14.9. The van der Waals surface area contributed by atoms with Gasteiger partial charge in [0.1, 0.15) is 6.61 Å². The first-order valence-electron chi connectivity index (χ1n) is 8.27. The first-order chi connectivity index (χ1) is 12.5. The van der Waals surface area contributed by atoms with Gasteiger partial charge in [-0.1, -0.05) is 12.0 Å². The van der Waals surface area contributed by atoms with E-state index in [1.54, 1.807) is 25.1 Å². The van der Waals surface area contributed by atoms with E-state index < -0.39 is 0 Å². The summed E-state index contributed by atoms with van der Waals surface area (Å²) in [6.07, 6.45) is 9.30. The summed E-state index contributed by atoms with van der Waals surface area (Å²) in [7, 11) is 0. The molecule has 2 rings (SSSR count). The fraction of sp³-hybridized carbons (Fsp3) is 0.300. The normalized spacial score (nSPS) is 15.3. The van der Waals surface area contributed by atoms with Gasteiger partial charge in [0, 0.05) is 12.1 Å². The number of ether oxygens (including phenoxy) is 2. The molecule has 136 valence electrons. The summed E-state index contributed by atoms with van der Waals surface area (Å²) in [5, 5.41) is -0.255. The monoisotopic (exact) mass is 371 g/mol. The van der Waals surface area contributed by atoms with Crippen LogP contribution < -0.4 is 9.47 Å². The highest BCUT2D eigenvalue weighted by Gasteiger charge is 2.33. The summed E-state index contributed by atoms with van der Waals surface area (Å²) < 4.78 is 11.3. The smallest absolute Gasteiger partial charge is 0.293 e. The van der Waals surface area contributed by atoms with Crippen molar-refractivity contribution in [3.05, 3.63) is 40.8 Å². The number of carbonyl (C=O) groups is 2. The molecule has 1 aliphatic rings. The van der Waals surface area contributed by atoms with Gasteiger partial charge in [-0.15, -0.1) is 13.0 Å². The number of terminal acetylenes is 1. The Morgan fingerprint density at radius 2 is 2.08 bits per heavy atom. The fourth-order valence-electron chi connectivity index (χ4n) is 2.54. The van der Waals surface area contributed by atoms with Crippen LogP contribution in [0.1, 0.15) is 25.0 Å². The van der Waals surface area contributed by atoms with E-state index in [-0.39, 0.29) is 17.8 Å². The summed E-state index contributed by atoms with van der Waals surface area (Å²) >= 11 is 0.938. The number of imide groups is 1. The van der Waals surface area contributed by atoms with Gasteiger partial charge in [-0.05, 0) is 55.8 Å². The van der Waals surface area contributed by atoms with Crippen LogP contribution in [0.25, 0.3) is 6.08 Å². The zero-order chi connectivity index (χ0) is 19.1. The third kappa shape index (κ3) is 4.30. The van der Waals surface area contributed by atoms with Crippen LogP contribution in [0.2, 0.25) is 0 Å². The molecule has 1 saturated heterocycles. The van der Waals surface area contributed by atoms with Crippen LogP contribution in [0.3, 0.4) is 0 Å². The molecule has 0 aliphatic carbocycles. The van der Waals surface area contributed by atoms with Crippen molar-refractivity contribution >= 4 is 29.0 Å². The Hall–Kier alpha value is -2.65. The number of rotatable bonds is 8. The second kappa shape index (κ2) is 9.16. The van der Waals surface area contributed by atoms with Gasteiger partial charge in [0.15, 0.2) is 11.5 Å². The highest BCUT2D eigenvalue weighted by Crippen LogP contribution is 2.37. The number of hydrogen-bond acceptors (Lipinski definition) is 5. The quantitative estimate of drug-likeness (QED) is 0.394. The molecular formula is C20H21NO4S. The molecule has 5 nitrogen and oxygen atoms in total. The fourth-order valence-corrected chi connectivity index (χ4v) is 3.44. The molecule has 0 atom stereocenters. The van der Waals surface area contributed by atoms with Gasteiger partial charge in [-0.3, -0.25) is 14.5 Å². The van der Waals surface area contributed by atoms with E-state index in [4.69, 9.17) is 15.9 Å². The highest BCUT2D eigenvalue weighted by atomic mass is 32.2. The molecule has 1 heterocycles. The third-order valence-corrected chi connectivity index (χ3v) is 4.51. The van der Waals surface area contributed by atoms with Crippen LogP contribution in [0.5, 0.6) is 11.5 Å². The van der Waals surface area contributed by atoms with E-state index in [1.165, 1.54) is 4.90 Å². The van der Waals surface area contributed by atoms with Crippen molar-refractivity contribution in [2.45, 2.75) is 20.3 Å². The third-order valence-electron chi connectivity index (χ3n) is 3.61. The molecule has 1 fully saturated rings. The maximum Gasteiger partial charge on any atom is 0.293 e. The van der Waals surface area contributed by atoms with E-state index in [1.807, 2.05) is 13.0 Å². The second-order valence-electron chi connectivity index (χ2n) is 5.35. The molecule has 0 saturated carbocycles. The molecule has 2 amide bonds. The minimum Gasteiger partial charge on any atom is -0.490 e. The highest BCUT2D eigenvalue weighted by molar-refractivity contribution is 8.18. The number of likely N-dealkylation sites (N-methyl/N-ethyl adjacent to an activating group) is 1. The van der Waals surface area contributed by atoms with Gasteiger partial charge in [0.2, 0.25) is 0 Å². The Morgan fingerprint density at radius 1 is 1.31 bits per heavy atom. The van der Waals surface area contributed by atoms with Gasteiger partial charge < -0.3 is 9.47 Å². The van der Waals surface area contributed by atoms with Crippen LogP contribution in [0.4, 0.5) is 4.79 Å². The summed E-state index contributed by atoms with van der Waals surface area (Å²) in [5.41, 5.74) is 1.60. The topological polar surface area (TPSA) is 55.8 Å². The molecule has 0 unspecified atom stereocenters. The molecule has 1 aliphatic heterocycles. The van der Waals surface area contributed by atoms with Crippen LogP contribution in [-0.2, 0) is 11.2 Å². The van der Waals surface area contributed by atoms with Gasteiger partial charge in [0.05, 0.1) is 11.5 Å². The lowest BCUT2D eigenvalue weighted by Crippen LogP contribution is -2.27. The minimum atomic E-state index is -0.279.